The lowest BCUT2D eigenvalue weighted by Crippen LogP contribution is -2.50. The van der Waals surface area contributed by atoms with Crippen molar-refractivity contribution in [3.8, 4) is 11.5 Å². The summed E-state index contributed by atoms with van der Waals surface area (Å²) in [6, 6.07) is 10.1. The lowest BCUT2D eigenvalue weighted by atomic mass is 10.0. The van der Waals surface area contributed by atoms with Crippen LogP contribution in [0.15, 0.2) is 42.5 Å². The van der Waals surface area contributed by atoms with E-state index in [1.54, 1.807) is 14.2 Å². The van der Waals surface area contributed by atoms with Gasteiger partial charge in [-0.05, 0) is 54.3 Å². The lowest BCUT2D eigenvalue weighted by Gasteiger charge is -2.22. The highest BCUT2D eigenvalue weighted by molar-refractivity contribution is 5.97. The Bertz CT molecular complexity index is 837. The molecule has 1 atom stereocenters. The molecule has 2 N–H and O–H groups in total. The van der Waals surface area contributed by atoms with Gasteiger partial charge in [0.15, 0.2) is 11.5 Å². The predicted octanol–water partition coefficient (Wildman–Crippen LogP) is 2.96. The molecule has 0 fully saturated rings. The van der Waals surface area contributed by atoms with Crippen LogP contribution < -0.4 is 20.1 Å². The first-order chi connectivity index (χ1) is 13.8. The number of methoxy groups -OCH3 is 2. The van der Waals surface area contributed by atoms with Crippen LogP contribution in [0.3, 0.4) is 0 Å². The van der Waals surface area contributed by atoms with E-state index >= 15 is 0 Å². The summed E-state index contributed by atoms with van der Waals surface area (Å²) in [7, 11) is 3.14. The molecular formula is C22H27FN2O4. The van der Waals surface area contributed by atoms with Gasteiger partial charge < -0.3 is 20.1 Å². The van der Waals surface area contributed by atoms with Gasteiger partial charge in [0, 0.05) is 12.1 Å². The molecule has 1 unspecified atom stereocenters. The van der Waals surface area contributed by atoms with Crippen LogP contribution in [-0.2, 0) is 11.2 Å². The molecule has 0 saturated carbocycles. The third-order valence-corrected chi connectivity index (χ3v) is 4.50. The van der Waals surface area contributed by atoms with E-state index in [9.17, 15) is 14.0 Å². The first-order valence-electron chi connectivity index (χ1n) is 9.40. The fourth-order valence-corrected chi connectivity index (χ4v) is 2.84. The van der Waals surface area contributed by atoms with E-state index < -0.39 is 17.8 Å². The maximum Gasteiger partial charge on any atom is 0.251 e. The number of nitrogens with one attached hydrogen (secondary N) is 2. The quantitative estimate of drug-likeness (QED) is 0.676. The van der Waals surface area contributed by atoms with Gasteiger partial charge >= 0.3 is 0 Å². The van der Waals surface area contributed by atoms with Gasteiger partial charge in [-0.1, -0.05) is 19.9 Å². The van der Waals surface area contributed by atoms with E-state index in [0.29, 0.717) is 30.0 Å². The largest absolute Gasteiger partial charge is 0.493 e. The summed E-state index contributed by atoms with van der Waals surface area (Å²) >= 11 is 0. The van der Waals surface area contributed by atoms with Crippen molar-refractivity contribution in [3.63, 3.8) is 0 Å². The van der Waals surface area contributed by atoms with Gasteiger partial charge in [0.05, 0.1) is 14.2 Å². The lowest BCUT2D eigenvalue weighted by molar-refractivity contribution is -0.123. The Morgan fingerprint density at radius 3 is 2.24 bits per heavy atom. The standard InChI is InChI=1S/C22H27FN2O4/c1-14(2)20(25-21(26)16-6-8-17(23)9-7-16)22(27)24-12-11-15-5-10-18(28-3)19(13-15)29-4/h5-10,13-14,20H,11-12H2,1-4H3,(H,24,27)(H,25,26). The Morgan fingerprint density at radius 2 is 1.66 bits per heavy atom. The Labute approximate surface area is 170 Å². The minimum Gasteiger partial charge on any atom is -0.493 e. The van der Waals surface area contributed by atoms with E-state index in [1.165, 1.54) is 24.3 Å². The van der Waals surface area contributed by atoms with Crippen LogP contribution in [0.1, 0.15) is 29.8 Å². The van der Waals surface area contributed by atoms with Crippen LogP contribution >= 0.6 is 0 Å². The Hall–Kier alpha value is -3.09. The van der Waals surface area contributed by atoms with Crippen molar-refractivity contribution in [2.75, 3.05) is 20.8 Å². The fraction of sp³-hybridized carbons (Fsp3) is 0.364. The van der Waals surface area contributed by atoms with E-state index in [1.807, 2.05) is 32.0 Å². The number of benzene rings is 2. The molecule has 0 spiro atoms. The van der Waals surface area contributed by atoms with Crippen LogP contribution in [0.4, 0.5) is 4.39 Å². The van der Waals surface area contributed by atoms with Crippen LogP contribution in [0, 0.1) is 11.7 Å². The average Bonchev–Trinajstić information content (AvgIpc) is 2.71. The number of ether oxygens (including phenoxy) is 2. The molecule has 0 bridgehead atoms. The van der Waals surface area contributed by atoms with Crippen molar-refractivity contribution in [1.29, 1.82) is 0 Å². The Kier molecular flexibility index (Phi) is 8.00. The molecule has 2 amide bonds. The minimum atomic E-state index is -0.696. The number of hydrogen-bond acceptors (Lipinski definition) is 4. The second-order valence-electron chi connectivity index (χ2n) is 6.93. The van der Waals surface area contributed by atoms with Crippen molar-refractivity contribution >= 4 is 11.8 Å². The molecule has 156 valence electrons. The van der Waals surface area contributed by atoms with E-state index in [2.05, 4.69) is 10.6 Å². The molecule has 29 heavy (non-hydrogen) atoms. The first-order valence-corrected chi connectivity index (χ1v) is 9.40. The highest BCUT2D eigenvalue weighted by Crippen LogP contribution is 2.27. The molecule has 7 heteroatoms. The maximum atomic E-state index is 13.0. The second-order valence-corrected chi connectivity index (χ2v) is 6.93. The Morgan fingerprint density at radius 1 is 1.00 bits per heavy atom. The molecule has 2 aromatic carbocycles. The smallest absolute Gasteiger partial charge is 0.251 e. The summed E-state index contributed by atoms with van der Waals surface area (Å²) in [6.07, 6.45) is 0.600. The summed E-state index contributed by atoms with van der Waals surface area (Å²) in [4.78, 5) is 25.0. The van der Waals surface area contributed by atoms with E-state index in [4.69, 9.17) is 9.47 Å². The molecule has 2 rings (SSSR count). The van der Waals surface area contributed by atoms with E-state index in [-0.39, 0.29) is 11.8 Å². The molecule has 2 aromatic rings. The molecule has 0 aliphatic heterocycles. The third-order valence-electron chi connectivity index (χ3n) is 4.50. The van der Waals surface area contributed by atoms with E-state index in [0.717, 1.165) is 5.56 Å². The summed E-state index contributed by atoms with van der Waals surface area (Å²) in [6.45, 7) is 4.11. The van der Waals surface area contributed by atoms with Gasteiger partial charge in [-0.2, -0.15) is 0 Å². The minimum absolute atomic E-state index is 0.111. The zero-order valence-electron chi connectivity index (χ0n) is 17.1. The highest BCUT2D eigenvalue weighted by atomic mass is 19.1. The summed E-state index contributed by atoms with van der Waals surface area (Å²) < 4.78 is 23.5. The van der Waals surface area contributed by atoms with Crippen LogP contribution in [0.2, 0.25) is 0 Å². The van der Waals surface area contributed by atoms with Crippen molar-refractivity contribution < 1.29 is 23.5 Å². The first kappa shape index (κ1) is 22.2. The maximum absolute atomic E-state index is 13.0. The molecule has 0 heterocycles. The number of rotatable bonds is 9. The van der Waals surface area contributed by atoms with Gasteiger partial charge in [0.25, 0.3) is 5.91 Å². The van der Waals surface area contributed by atoms with Crippen LogP contribution in [-0.4, -0.2) is 38.6 Å². The molecule has 0 aliphatic carbocycles. The van der Waals surface area contributed by atoms with Gasteiger partial charge in [0.1, 0.15) is 11.9 Å². The Balaban J connectivity index is 1.94. The molecule has 0 radical (unpaired) electrons. The number of carbonyl (C=O) groups is 2. The van der Waals surface area contributed by atoms with Crippen molar-refractivity contribution in [3.05, 3.63) is 59.4 Å². The molecular weight excluding hydrogens is 375 g/mol. The normalized spacial score (nSPS) is 11.7. The topological polar surface area (TPSA) is 76.7 Å². The average molecular weight is 402 g/mol. The van der Waals surface area contributed by atoms with Crippen LogP contribution in [0.25, 0.3) is 0 Å². The third kappa shape index (κ3) is 6.20. The van der Waals surface area contributed by atoms with Gasteiger partial charge in [-0.15, -0.1) is 0 Å². The van der Waals surface area contributed by atoms with Crippen molar-refractivity contribution in [2.45, 2.75) is 26.3 Å². The van der Waals surface area contributed by atoms with Gasteiger partial charge in [-0.3, -0.25) is 9.59 Å². The van der Waals surface area contributed by atoms with Crippen molar-refractivity contribution in [2.24, 2.45) is 5.92 Å². The molecule has 6 nitrogen and oxygen atoms in total. The van der Waals surface area contributed by atoms with Gasteiger partial charge in [-0.25, -0.2) is 4.39 Å². The SMILES string of the molecule is COc1ccc(CCNC(=O)C(NC(=O)c2ccc(F)cc2)C(C)C)cc1OC. The van der Waals surface area contributed by atoms with Crippen LogP contribution in [0.5, 0.6) is 11.5 Å². The summed E-state index contributed by atoms with van der Waals surface area (Å²) in [5.41, 5.74) is 1.29. The highest BCUT2D eigenvalue weighted by Gasteiger charge is 2.24. The molecule has 0 aliphatic rings. The van der Waals surface area contributed by atoms with Gasteiger partial charge in [0.2, 0.25) is 5.91 Å². The number of halogens is 1. The second kappa shape index (κ2) is 10.5. The fourth-order valence-electron chi connectivity index (χ4n) is 2.84. The number of hydrogen-bond donors (Lipinski definition) is 2. The monoisotopic (exact) mass is 402 g/mol. The summed E-state index contributed by atoms with van der Waals surface area (Å²) in [5.74, 6) is 0.0524. The molecule has 0 saturated heterocycles. The predicted molar refractivity (Wildman–Crippen MR) is 109 cm³/mol. The zero-order valence-corrected chi connectivity index (χ0v) is 17.1. The summed E-state index contributed by atoms with van der Waals surface area (Å²) in [5, 5.41) is 5.58. The number of carbonyl (C=O) groups excluding carboxylic acids is 2. The molecule has 0 aromatic heterocycles. The zero-order chi connectivity index (χ0) is 21.4. The van der Waals surface area contributed by atoms with Crippen molar-refractivity contribution in [1.82, 2.24) is 10.6 Å². The number of amides is 2.